The van der Waals surface area contributed by atoms with Gasteiger partial charge in [-0.05, 0) is 41.1 Å². The van der Waals surface area contributed by atoms with E-state index in [1.165, 1.54) is 0 Å². The zero-order valence-electron chi connectivity index (χ0n) is 10.7. The number of aryl methyl sites for hydroxylation is 1. The number of rotatable bonds is 3. The van der Waals surface area contributed by atoms with Gasteiger partial charge in [0, 0.05) is 5.56 Å². The van der Waals surface area contributed by atoms with Gasteiger partial charge in [-0.25, -0.2) is 9.97 Å². The number of ether oxygens (including phenoxy) is 2. The minimum absolute atomic E-state index is 0.386. The van der Waals surface area contributed by atoms with Gasteiger partial charge < -0.3 is 9.47 Å². The average molecular weight is 344 g/mol. The largest absolute Gasteiger partial charge is 0.493 e. The molecule has 4 nitrogen and oxygen atoms in total. The Morgan fingerprint density at radius 1 is 1.11 bits per heavy atom. The molecule has 2 rings (SSSR count). The number of nitrogens with zero attached hydrogens (tertiary/aromatic N) is 2. The summed E-state index contributed by atoms with van der Waals surface area (Å²) >= 11 is 9.38. The predicted octanol–water partition coefficient (Wildman–Crippen LogP) is 3.89. The molecular weight excluding hydrogens is 332 g/mol. The van der Waals surface area contributed by atoms with Gasteiger partial charge in [0.25, 0.3) is 0 Å². The first-order valence-corrected chi connectivity index (χ1v) is 6.66. The first-order chi connectivity index (χ1) is 9.06. The van der Waals surface area contributed by atoms with Crippen molar-refractivity contribution in [3.8, 4) is 22.9 Å². The molecule has 1 aromatic heterocycles. The Kier molecular flexibility index (Phi) is 4.27. The molecule has 0 fully saturated rings. The van der Waals surface area contributed by atoms with Crippen LogP contribution in [-0.2, 0) is 0 Å². The van der Waals surface area contributed by atoms with Crippen LogP contribution >= 0.6 is 27.5 Å². The molecule has 0 radical (unpaired) electrons. The van der Waals surface area contributed by atoms with Crippen LogP contribution in [0.1, 0.15) is 5.69 Å². The second-order valence-electron chi connectivity index (χ2n) is 3.81. The third kappa shape index (κ3) is 2.82. The lowest BCUT2D eigenvalue weighted by atomic mass is 10.2. The number of aromatic nitrogens is 2. The highest BCUT2D eigenvalue weighted by molar-refractivity contribution is 9.10. The summed E-state index contributed by atoms with van der Waals surface area (Å²) in [6.07, 6.45) is 0. The Balaban J connectivity index is 2.53. The highest BCUT2D eigenvalue weighted by Crippen LogP contribution is 2.32. The summed E-state index contributed by atoms with van der Waals surface area (Å²) in [6, 6.07) is 5.49. The summed E-state index contributed by atoms with van der Waals surface area (Å²) in [4.78, 5) is 8.64. The van der Waals surface area contributed by atoms with Crippen LogP contribution in [0.15, 0.2) is 22.7 Å². The molecule has 0 atom stereocenters. The Labute approximate surface area is 124 Å². The molecule has 0 spiro atoms. The Morgan fingerprint density at radius 3 is 2.37 bits per heavy atom. The van der Waals surface area contributed by atoms with Crippen LogP contribution in [-0.4, -0.2) is 24.2 Å². The van der Waals surface area contributed by atoms with Crippen molar-refractivity contribution in [1.29, 1.82) is 0 Å². The van der Waals surface area contributed by atoms with Crippen molar-refractivity contribution in [2.24, 2.45) is 0 Å². The number of hydrogen-bond donors (Lipinski definition) is 0. The van der Waals surface area contributed by atoms with Gasteiger partial charge >= 0.3 is 0 Å². The van der Waals surface area contributed by atoms with Gasteiger partial charge in [0.1, 0.15) is 5.15 Å². The van der Waals surface area contributed by atoms with Gasteiger partial charge in [-0.15, -0.1) is 0 Å². The molecule has 0 aliphatic rings. The van der Waals surface area contributed by atoms with E-state index in [-0.39, 0.29) is 0 Å². The molecule has 1 heterocycles. The maximum atomic E-state index is 6.05. The maximum Gasteiger partial charge on any atom is 0.161 e. The van der Waals surface area contributed by atoms with Crippen molar-refractivity contribution >= 4 is 27.5 Å². The van der Waals surface area contributed by atoms with Crippen LogP contribution in [0.2, 0.25) is 5.15 Å². The standard InChI is InChI=1S/C13H12BrClN2O2/c1-7-11(14)12(15)17-13(16-7)8-4-5-9(18-2)10(6-8)19-3/h4-6H,1-3H3. The quantitative estimate of drug-likeness (QED) is 0.793. The fourth-order valence-corrected chi connectivity index (χ4v) is 2.02. The van der Waals surface area contributed by atoms with E-state index in [1.54, 1.807) is 14.2 Å². The van der Waals surface area contributed by atoms with Gasteiger partial charge in [0.2, 0.25) is 0 Å². The second-order valence-corrected chi connectivity index (χ2v) is 4.96. The molecule has 0 bridgehead atoms. The third-order valence-corrected chi connectivity index (χ3v) is 4.07. The molecule has 0 aliphatic carbocycles. The molecule has 0 amide bonds. The number of halogens is 2. The van der Waals surface area contributed by atoms with Gasteiger partial charge in [-0.1, -0.05) is 11.6 Å². The Hall–Kier alpha value is -1.33. The highest BCUT2D eigenvalue weighted by atomic mass is 79.9. The van der Waals surface area contributed by atoms with Crippen LogP contribution in [0, 0.1) is 6.92 Å². The molecule has 0 unspecified atom stereocenters. The van der Waals surface area contributed by atoms with Crippen molar-refractivity contribution < 1.29 is 9.47 Å². The summed E-state index contributed by atoms with van der Waals surface area (Å²) in [6.45, 7) is 1.86. The lowest BCUT2D eigenvalue weighted by Crippen LogP contribution is -1.96. The van der Waals surface area contributed by atoms with E-state index in [4.69, 9.17) is 21.1 Å². The van der Waals surface area contributed by atoms with Gasteiger partial charge in [-0.3, -0.25) is 0 Å². The summed E-state index contributed by atoms with van der Waals surface area (Å²) in [5, 5.41) is 0.386. The molecule has 100 valence electrons. The average Bonchev–Trinajstić information content (AvgIpc) is 2.43. The zero-order valence-corrected chi connectivity index (χ0v) is 13.0. The van der Waals surface area contributed by atoms with Crippen LogP contribution in [0.4, 0.5) is 0 Å². The summed E-state index contributed by atoms with van der Waals surface area (Å²) < 4.78 is 11.2. The first-order valence-electron chi connectivity index (χ1n) is 5.49. The fraction of sp³-hybridized carbons (Fsp3) is 0.231. The van der Waals surface area contributed by atoms with E-state index in [0.29, 0.717) is 26.9 Å². The van der Waals surface area contributed by atoms with Crippen LogP contribution in [0.5, 0.6) is 11.5 Å². The SMILES string of the molecule is COc1ccc(-c2nc(C)c(Br)c(Cl)n2)cc1OC. The molecule has 0 aliphatic heterocycles. The van der Waals surface area contributed by atoms with Crippen molar-refractivity contribution in [1.82, 2.24) is 9.97 Å². The molecule has 6 heteroatoms. The lowest BCUT2D eigenvalue weighted by Gasteiger charge is -2.10. The van der Waals surface area contributed by atoms with E-state index in [9.17, 15) is 0 Å². The van der Waals surface area contributed by atoms with E-state index >= 15 is 0 Å². The first kappa shape index (κ1) is 14.1. The predicted molar refractivity (Wildman–Crippen MR) is 78.0 cm³/mol. The molecular formula is C13H12BrClN2O2. The number of benzene rings is 1. The number of methoxy groups -OCH3 is 2. The number of hydrogen-bond acceptors (Lipinski definition) is 4. The zero-order chi connectivity index (χ0) is 14.0. The Morgan fingerprint density at radius 2 is 1.79 bits per heavy atom. The molecule has 0 saturated carbocycles. The van der Waals surface area contributed by atoms with Crippen molar-refractivity contribution in [2.75, 3.05) is 14.2 Å². The topological polar surface area (TPSA) is 44.2 Å². The van der Waals surface area contributed by atoms with E-state index in [0.717, 1.165) is 11.3 Å². The highest BCUT2D eigenvalue weighted by Gasteiger charge is 2.12. The minimum Gasteiger partial charge on any atom is -0.493 e. The molecule has 1 aromatic carbocycles. The van der Waals surface area contributed by atoms with E-state index in [1.807, 2.05) is 25.1 Å². The van der Waals surface area contributed by atoms with Crippen LogP contribution < -0.4 is 9.47 Å². The second kappa shape index (κ2) is 5.75. The molecule has 0 N–H and O–H groups in total. The molecule has 19 heavy (non-hydrogen) atoms. The molecule has 2 aromatic rings. The Bertz CT molecular complexity index is 597. The fourth-order valence-electron chi connectivity index (χ4n) is 1.63. The monoisotopic (exact) mass is 342 g/mol. The van der Waals surface area contributed by atoms with Gasteiger partial charge in [-0.2, -0.15) is 0 Å². The van der Waals surface area contributed by atoms with Crippen molar-refractivity contribution in [3.63, 3.8) is 0 Å². The van der Waals surface area contributed by atoms with Crippen LogP contribution in [0.25, 0.3) is 11.4 Å². The third-order valence-electron chi connectivity index (χ3n) is 2.62. The van der Waals surface area contributed by atoms with E-state index in [2.05, 4.69) is 25.9 Å². The van der Waals surface area contributed by atoms with Crippen molar-refractivity contribution in [2.45, 2.75) is 6.92 Å². The minimum atomic E-state index is 0.386. The van der Waals surface area contributed by atoms with E-state index < -0.39 is 0 Å². The van der Waals surface area contributed by atoms with Crippen molar-refractivity contribution in [3.05, 3.63) is 33.5 Å². The van der Waals surface area contributed by atoms with Crippen LogP contribution in [0.3, 0.4) is 0 Å². The van der Waals surface area contributed by atoms with Gasteiger partial charge in [0.05, 0.1) is 24.4 Å². The maximum absolute atomic E-state index is 6.05. The summed E-state index contributed by atoms with van der Waals surface area (Å²) in [5.41, 5.74) is 1.60. The van der Waals surface area contributed by atoms with Gasteiger partial charge in [0.15, 0.2) is 17.3 Å². The lowest BCUT2D eigenvalue weighted by molar-refractivity contribution is 0.355. The normalized spacial score (nSPS) is 10.4. The smallest absolute Gasteiger partial charge is 0.161 e. The molecule has 0 saturated heterocycles. The summed E-state index contributed by atoms with van der Waals surface area (Å²) in [7, 11) is 3.18. The summed E-state index contributed by atoms with van der Waals surface area (Å²) in [5.74, 6) is 1.83.